The third-order valence-electron chi connectivity index (χ3n) is 4.14. The third-order valence-corrected chi connectivity index (χ3v) is 4.14. The quantitative estimate of drug-likeness (QED) is 0.918. The summed E-state index contributed by atoms with van der Waals surface area (Å²) in [7, 11) is 1.92. The second-order valence-electron chi connectivity index (χ2n) is 5.54. The van der Waals surface area contributed by atoms with Crippen molar-refractivity contribution >= 4 is 5.91 Å². The maximum absolute atomic E-state index is 12.5. The third kappa shape index (κ3) is 3.17. The van der Waals surface area contributed by atoms with Gasteiger partial charge in [-0.2, -0.15) is 0 Å². The molecule has 0 unspecified atom stereocenters. The van der Waals surface area contributed by atoms with E-state index in [9.17, 15) is 13.6 Å². The van der Waals surface area contributed by atoms with Crippen molar-refractivity contribution in [2.24, 2.45) is 0 Å². The van der Waals surface area contributed by atoms with Crippen LogP contribution >= 0.6 is 0 Å². The van der Waals surface area contributed by atoms with Gasteiger partial charge in [-0.1, -0.05) is 0 Å². The van der Waals surface area contributed by atoms with Gasteiger partial charge in [-0.05, 0) is 38.9 Å². The van der Waals surface area contributed by atoms with E-state index in [4.69, 9.17) is 0 Å². The predicted octanol–water partition coefficient (Wildman–Crippen LogP) is 1.97. The molecule has 0 saturated carbocycles. The smallest absolute Gasteiger partial charge is 0.270 e. The molecule has 1 fully saturated rings. The zero-order valence-electron chi connectivity index (χ0n) is 11.9. The highest BCUT2D eigenvalue weighted by atomic mass is 19.3. The fraction of sp³-hybridized carbons (Fsp3) is 0.643. The molecule has 0 radical (unpaired) electrons. The summed E-state index contributed by atoms with van der Waals surface area (Å²) in [5, 5.41) is 3.27. The standard InChI is InChI=1S/C14H21F2N3O/c1-14(17-2)5-8-18(9-6-14)13(20)11-4-3-7-19(11)10-12(15)16/h3-4,7,12,17H,5-6,8-10H2,1-2H3. The topological polar surface area (TPSA) is 37.3 Å². The highest BCUT2D eigenvalue weighted by Crippen LogP contribution is 2.22. The van der Waals surface area contributed by atoms with Crippen LogP contribution in [0.2, 0.25) is 0 Å². The summed E-state index contributed by atoms with van der Waals surface area (Å²) in [5.41, 5.74) is 0.403. The van der Waals surface area contributed by atoms with Gasteiger partial charge in [-0.3, -0.25) is 4.79 Å². The Morgan fingerprint density at radius 2 is 2.10 bits per heavy atom. The number of likely N-dealkylation sites (tertiary alicyclic amines) is 1. The van der Waals surface area contributed by atoms with Crippen LogP contribution in [0.3, 0.4) is 0 Å². The first-order chi connectivity index (χ1) is 9.45. The molecule has 1 aromatic rings. The molecular weight excluding hydrogens is 264 g/mol. The van der Waals surface area contributed by atoms with Crippen LogP contribution in [0.4, 0.5) is 8.78 Å². The Morgan fingerprint density at radius 1 is 1.45 bits per heavy atom. The predicted molar refractivity (Wildman–Crippen MR) is 73.0 cm³/mol. The highest BCUT2D eigenvalue weighted by molar-refractivity contribution is 5.92. The molecule has 112 valence electrons. The highest BCUT2D eigenvalue weighted by Gasteiger charge is 2.31. The Morgan fingerprint density at radius 3 is 2.65 bits per heavy atom. The number of amides is 1. The number of carbonyl (C=O) groups is 1. The Balaban J connectivity index is 2.04. The lowest BCUT2D eigenvalue weighted by Crippen LogP contribution is -2.51. The summed E-state index contributed by atoms with van der Waals surface area (Å²) in [4.78, 5) is 14.1. The minimum atomic E-state index is -2.46. The zero-order valence-corrected chi connectivity index (χ0v) is 11.9. The molecule has 1 aliphatic heterocycles. The Kier molecular flexibility index (Phi) is 4.42. The largest absolute Gasteiger partial charge is 0.338 e. The molecule has 0 atom stereocenters. The molecule has 4 nitrogen and oxygen atoms in total. The first-order valence-electron chi connectivity index (χ1n) is 6.87. The molecule has 1 aliphatic rings. The molecule has 1 saturated heterocycles. The molecule has 1 aromatic heterocycles. The van der Waals surface area contributed by atoms with E-state index >= 15 is 0 Å². The van der Waals surface area contributed by atoms with Gasteiger partial charge >= 0.3 is 0 Å². The molecule has 1 amide bonds. The average Bonchev–Trinajstić information content (AvgIpc) is 2.86. The van der Waals surface area contributed by atoms with Crippen molar-refractivity contribution < 1.29 is 13.6 Å². The van der Waals surface area contributed by atoms with E-state index in [1.54, 1.807) is 17.0 Å². The molecule has 0 aliphatic carbocycles. The molecular formula is C14H21F2N3O. The van der Waals surface area contributed by atoms with Gasteiger partial charge in [0.25, 0.3) is 12.3 Å². The summed E-state index contributed by atoms with van der Waals surface area (Å²) >= 11 is 0. The van der Waals surface area contributed by atoms with Crippen LogP contribution in [0.15, 0.2) is 18.3 Å². The van der Waals surface area contributed by atoms with Crippen LogP contribution in [0.25, 0.3) is 0 Å². The summed E-state index contributed by atoms with van der Waals surface area (Å²) in [6.07, 6.45) is 0.805. The van der Waals surface area contributed by atoms with Gasteiger partial charge < -0.3 is 14.8 Å². The average molecular weight is 285 g/mol. The number of alkyl halides is 2. The van der Waals surface area contributed by atoms with Gasteiger partial charge in [0.2, 0.25) is 0 Å². The van der Waals surface area contributed by atoms with E-state index in [1.807, 2.05) is 7.05 Å². The Labute approximate surface area is 117 Å². The first kappa shape index (κ1) is 15.0. The number of aromatic nitrogens is 1. The molecule has 6 heteroatoms. The van der Waals surface area contributed by atoms with Crippen LogP contribution in [0, 0.1) is 0 Å². The molecule has 0 bridgehead atoms. The SMILES string of the molecule is CNC1(C)CCN(C(=O)c2cccn2CC(F)F)CC1. The Hall–Kier alpha value is -1.43. The summed E-state index contributed by atoms with van der Waals surface area (Å²) in [6, 6.07) is 3.24. The Bertz CT molecular complexity index is 465. The number of nitrogens with zero attached hydrogens (tertiary/aromatic N) is 2. The zero-order chi connectivity index (χ0) is 14.8. The van der Waals surface area contributed by atoms with Crippen LogP contribution in [-0.4, -0.2) is 47.5 Å². The second kappa shape index (κ2) is 5.91. The van der Waals surface area contributed by atoms with Crippen molar-refractivity contribution in [2.45, 2.75) is 38.3 Å². The monoisotopic (exact) mass is 285 g/mol. The number of piperidine rings is 1. The van der Waals surface area contributed by atoms with Gasteiger partial charge in [0.05, 0.1) is 6.54 Å². The fourth-order valence-electron chi connectivity index (χ4n) is 2.53. The maximum Gasteiger partial charge on any atom is 0.270 e. The van der Waals surface area contributed by atoms with Crippen molar-refractivity contribution in [3.63, 3.8) is 0 Å². The molecule has 20 heavy (non-hydrogen) atoms. The lowest BCUT2D eigenvalue weighted by molar-refractivity contribution is 0.0643. The van der Waals surface area contributed by atoms with E-state index in [-0.39, 0.29) is 11.4 Å². The van der Waals surface area contributed by atoms with Crippen LogP contribution in [-0.2, 0) is 6.54 Å². The number of halogens is 2. The minimum absolute atomic E-state index is 0.0573. The molecule has 1 N–H and O–H groups in total. The summed E-state index contributed by atoms with van der Waals surface area (Å²) in [5.74, 6) is -0.159. The normalized spacial score (nSPS) is 18.6. The molecule has 2 rings (SSSR count). The number of rotatable bonds is 4. The number of carbonyl (C=O) groups excluding carboxylic acids is 1. The van der Waals surface area contributed by atoms with E-state index in [0.29, 0.717) is 18.8 Å². The van der Waals surface area contributed by atoms with Crippen molar-refractivity contribution in [3.05, 3.63) is 24.0 Å². The number of nitrogens with one attached hydrogen (secondary N) is 1. The molecule has 2 heterocycles. The second-order valence-corrected chi connectivity index (χ2v) is 5.54. The van der Waals surface area contributed by atoms with Gasteiger partial charge in [0.1, 0.15) is 5.69 Å². The van der Waals surface area contributed by atoms with E-state index in [0.717, 1.165) is 12.8 Å². The van der Waals surface area contributed by atoms with Crippen molar-refractivity contribution in [1.29, 1.82) is 0 Å². The first-order valence-corrected chi connectivity index (χ1v) is 6.87. The van der Waals surface area contributed by atoms with Crippen LogP contribution in [0.1, 0.15) is 30.3 Å². The summed E-state index contributed by atoms with van der Waals surface area (Å²) in [6.45, 7) is 3.00. The van der Waals surface area contributed by atoms with Crippen molar-refractivity contribution in [2.75, 3.05) is 20.1 Å². The lowest BCUT2D eigenvalue weighted by atomic mass is 9.90. The van der Waals surface area contributed by atoms with Gasteiger partial charge in [-0.15, -0.1) is 0 Å². The fourth-order valence-corrected chi connectivity index (χ4v) is 2.53. The lowest BCUT2D eigenvalue weighted by Gasteiger charge is -2.39. The molecule has 0 aromatic carbocycles. The minimum Gasteiger partial charge on any atom is -0.338 e. The van der Waals surface area contributed by atoms with Crippen LogP contribution in [0.5, 0.6) is 0 Å². The van der Waals surface area contributed by atoms with Gasteiger partial charge in [0.15, 0.2) is 0 Å². The molecule has 0 spiro atoms. The van der Waals surface area contributed by atoms with Gasteiger partial charge in [-0.25, -0.2) is 8.78 Å². The van der Waals surface area contributed by atoms with E-state index in [2.05, 4.69) is 12.2 Å². The van der Waals surface area contributed by atoms with Gasteiger partial charge in [0, 0.05) is 24.8 Å². The van der Waals surface area contributed by atoms with E-state index < -0.39 is 13.0 Å². The van der Waals surface area contributed by atoms with Crippen molar-refractivity contribution in [3.8, 4) is 0 Å². The number of hydrogen-bond donors (Lipinski definition) is 1. The van der Waals surface area contributed by atoms with Crippen molar-refractivity contribution in [1.82, 2.24) is 14.8 Å². The van der Waals surface area contributed by atoms with E-state index in [1.165, 1.54) is 10.8 Å². The number of hydrogen-bond acceptors (Lipinski definition) is 2. The maximum atomic E-state index is 12.5. The van der Waals surface area contributed by atoms with Crippen LogP contribution < -0.4 is 5.32 Å². The summed E-state index contributed by atoms with van der Waals surface area (Å²) < 4.78 is 26.3.